The molecular weight excluding hydrogens is 337 g/mol. The summed E-state index contributed by atoms with van der Waals surface area (Å²) in [6.45, 7) is 0. The topological polar surface area (TPSA) is 78.4 Å². The molecule has 0 heterocycles. The van der Waals surface area contributed by atoms with Crippen LogP contribution < -0.4 is 10.6 Å². The van der Waals surface area contributed by atoms with Gasteiger partial charge in [-0.05, 0) is 32.0 Å². The third kappa shape index (κ3) is 6.87. The molecule has 3 N–H and O–H groups in total. The molecule has 1 aromatic carbocycles. The van der Waals surface area contributed by atoms with Crippen molar-refractivity contribution in [3.63, 3.8) is 0 Å². The molecule has 0 aliphatic carbocycles. The number of hydrogen-bond donors (Lipinski definition) is 3. The van der Waals surface area contributed by atoms with Crippen molar-refractivity contribution in [2.45, 2.75) is 31.1 Å². The third-order valence-electron chi connectivity index (χ3n) is 3.13. The Balaban J connectivity index is 0.00000484. The van der Waals surface area contributed by atoms with Crippen LogP contribution in [0.2, 0.25) is 0 Å². The normalized spacial score (nSPS) is 13.6. The second-order valence-electron chi connectivity index (χ2n) is 4.69. The smallest absolute Gasteiger partial charge is 0.403 e. The first-order valence-corrected chi connectivity index (χ1v) is 6.58. The quantitative estimate of drug-likeness (QED) is 0.701. The summed E-state index contributed by atoms with van der Waals surface area (Å²) >= 11 is 0. The van der Waals surface area contributed by atoms with Gasteiger partial charge in [0.05, 0.1) is 0 Å². The van der Waals surface area contributed by atoms with Gasteiger partial charge in [0, 0.05) is 5.56 Å². The average Bonchev–Trinajstić information content (AvgIpc) is 2.45. The monoisotopic (exact) mass is 354 g/mol. The molecule has 0 aliphatic heterocycles. The number of halogens is 4. The molecule has 0 unspecified atom stereocenters. The minimum Gasteiger partial charge on any atom is -0.480 e. The standard InChI is InChI=1S/C14H17F3N2O3.ClH/c1-18-11(14(15,16)17)8-7-10(13(21)22)19-12(20)9-5-3-2-4-6-9;/h2-6,10-11,18H,7-8H2,1H3,(H,19,20)(H,21,22);1H/t10-,11-;/m1./s1. The fourth-order valence-electron chi connectivity index (χ4n) is 1.89. The number of carboxylic acids is 1. The Morgan fingerprint density at radius 2 is 1.74 bits per heavy atom. The molecule has 0 spiro atoms. The molecule has 23 heavy (non-hydrogen) atoms. The van der Waals surface area contributed by atoms with Crippen LogP contribution in [0.4, 0.5) is 13.2 Å². The summed E-state index contributed by atoms with van der Waals surface area (Å²) in [5.74, 6) is -2.01. The van der Waals surface area contributed by atoms with Gasteiger partial charge in [-0.15, -0.1) is 12.4 Å². The molecule has 0 saturated carbocycles. The lowest BCUT2D eigenvalue weighted by Crippen LogP contribution is -2.45. The van der Waals surface area contributed by atoms with Crippen LogP contribution in [-0.4, -0.2) is 42.3 Å². The Bertz CT molecular complexity index is 512. The van der Waals surface area contributed by atoms with Crippen molar-refractivity contribution in [1.82, 2.24) is 10.6 Å². The Labute approximate surface area is 137 Å². The minimum atomic E-state index is -4.47. The molecule has 0 fully saturated rings. The number of carboxylic acid groups (broad SMARTS) is 1. The van der Waals surface area contributed by atoms with Crippen molar-refractivity contribution in [1.29, 1.82) is 0 Å². The molecule has 1 amide bonds. The zero-order valence-corrected chi connectivity index (χ0v) is 13.1. The van der Waals surface area contributed by atoms with Gasteiger partial charge in [0.2, 0.25) is 0 Å². The molecule has 0 aromatic heterocycles. The molecular formula is C14H18ClF3N2O3. The predicted molar refractivity (Wildman–Crippen MR) is 80.7 cm³/mol. The summed E-state index contributed by atoms with van der Waals surface area (Å²) in [4.78, 5) is 23.0. The van der Waals surface area contributed by atoms with Crippen LogP contribution in [0.25, 0.3) is 0 Å². The number of aliphatic carboxylic acids is 1. The predicted octanol–water partition coefficient (Wildman–Crippen LogP) is 2.22. The molecule has 2 atom stereocenters. The molecule has 0 aliphatic rings. The average molecular weight is 355 g/mol. The minimum absolute atomic E-state index is 0. The van der Waals surface area contributed by atoms with E-state index in [0.29, 0.717) is 0 Å². The van der Waals surface area contributed by atoms with Gasteiger partial charge in [0.15, 0.2) is 0 Å². The first kappa shape index (κ1) is 21.2. The maximum absolute atomic E-state index is 12.6. The number of carbonyl (C=O) groups is 2. The number of alkyl halides is 3. The molecule has 0 radical (unpaired) electrons. The van der Waals surface area contributed by atoms with Crippen molar-refractivity contribution in [2.75, 3.05) is 7.05 Å². The molecule has 1 rings (SSSR count). The van der Waals surface area contributed by atoms with Crippen LogP contribution in [-0.2, 0) is 4.79 Å². The largest absolute Gasteiger partial charge is 0.480 e. The lowest BCUT2D eigenvalue weighted by Gasteiger charge is -2.21. The van der Waals surface area contributed by atoms with Crippen LogP contribution in [0.1, 0.15) is 23.2 Å². The Hall–Kier alpha value is -1.80. The van der Waals surface area contributed by atoms with E-state index in [1.165, 1.54) is 12.1 Å². The highest BCUT2D eigenvalue weighted by molar-refractivity contribution is 5.96. The molecule has 1 aromatic rings. The lowest BCUT2D eigenvalue weighted by atomic mass is 10.1. The second kappa shape index (κ2) is 9.36. The molecule has 0 saturated heterocycles. The zero-order valence-electron chi connectivity index (χ0n) is 12.3. The Kier molecular flexibility index (Phi) is 8.63. The van der Waals surface area contributed by atoms with Gasteiger partial charge < -0.3 is 15.7 Å². The number of benzene rings is 1. The van der Waals surface area contributed by atoms with E-state index in [0.717, 1.165) is 7.05 Å². The van der Waals surface area contributed by atoms with Gasteiger partial charge in [-0.1, -0.05) is 18.2 Å². The lowest BCUT2D eigenvalue weighted by molar-refractivity contribution is -0.157. The SMILES string of the molecule is CN[C@H](CC[C@@H](NC(=O)c1ccccc1)C(=O)O)C(F)(F)F.Cl. The first-order valence-electron chi connectivity index (χ1n) is 6.58. The summed E-state index contributed by atoms with van der Waals surface area (Å²) < 4.78 is 37.8. The van der Waals surface area contributed by atoms with Crippen molar-refractivity contribution in [2.24, 2.45) is 0 Å². The fraction of sp³-hybridized carbons (Fsp3) is 0.429. The van der Waals surface area contributed by atoms with E-state index in [2.05, 4.69) is 10.6 Å². The highest BCUT2D eigenvalue weighted by Gasteiger charge is 2.39. The molecule has 130 valence electrons. The van der Waals surface area contributed by atoms with Gasteiger partial charge in [-0.25, -0.2) is 4.79 Å². The van der Waals surface area contributed by atoms with E-state index < -0.39 is 36.6 Å². The number of nitrogens with one attached hydrogen (secondary N) is 2. The molecule has 9 heteroatoms. The van der Waals surface area contributed by atoms with Crippen LogP contribution in [0.3, 0.4) is 0 Å². The summed E-state index contributed by atoms with van der Waals surface area (Å²) in [5.41, 5.74) is 0.245. The molecule has 0 bridgehead atoms. The molecule has 5 nitrogen and oxygen atoms in total. The maximum atomic E-state index is 12.6. The first-order chi connectivity index (χ1) is 10.3. The van der Waals surface area contributed by atoms with E-state index in [9.17, 15) is 22.8 Å². The van der Waals surface area contributed by atoms with Crippen molar-refractivity contribution < 1.29 is 27.9 Å². The van der Waals surface area contributed by atoms with Crippen molar-refractivity contribution >= 4 is 24.3 Å². The Morgan fingerprint density at radius 3 is 2.17 bits per heavy atom. The van der Waals surface area contributed by atoms with Crippen molar-refractivity contribution in [3.05, 3.63) is 35.9 Å². The van der Waals surface area contributed by atoms with Crippen LogP contribution in [0.5, 0.6) is 0 Å². The summed E-state index contributed by atoms with van der Waals surface area (Å²) in [7, 11) is 1.15. The third-order valence-corrected chi connectivity index (χ3v) is 3.13. The van der Waals surface area contributed by atoms with Crippen LogP contribution in [0, 0.1) is 0 Å². The highest BCUT2D eigenvalue weighted by atomic mass is 35.5. The van der Waals surface area contributed by atoms with Crippen LogP contribution in [0.15, 0.2) is 30.3 Å². The van der Waals surface area contributed by atoms with Gasteiger partial charge in [0.25, 0.3) is 5.91 Å². The number of amides is 1. The highest BCUT2D eigenvalue weighted by Crippen LogP contribution is 2.23. The summed E-state index contributed by atoms with van der Waals surface area (Å²) in [6.07, 6.45) is -5.26. The van der Waals surface area contributed by atoms with Gasteiger partial charge in [-0.2, -0.15) is 13.2 Å². The fourth-order valence-corrected chi connectivity index (χ4v) is 1.89. The Morgan fingerprint density at radius 1 is 1.17 bits per heavy atom. The van der Waals surface area contributed by atoms with Gasteiger partial charge in [-0.3, -0.25) is 4.79 Å². The van der Waals surface area contributed by atoms with E-state index in [-0.39, 0.29) is 24.4 Å². The van der Waals surface area contributed by atoms with E-state index in [1.807, 2.05) is 0 Å². The van der Waals surface area contributed by atoms with Crippen LogP contribution >= 0.6 is 12.4 Å². The van der Waals surface area contributed by atoms with E-state index >= 15 is 0 Å². The summed E-state index contributed by atoms with van der Waals surface area (Å²) in [6, 6.07) is 4.66. The van der Waals surface area contributed by atoms with Gasteiger partial charge in [0.1, 0.15) is 12.1 Å². The van der Waals surface area contributed by atoms with E-state index in [4.69, 9.17) is 5.11 Å². The number of carbonyl (C=O) groups excluding carboxylic acids is 1. The van der Waals surface area contributed by atoms with Gasteiger partial charge >= 0.3 is 12.1 Å². The summed E-state index contributed by atoms with van der Waals surface area (Å²) in [5, 5.41) is 13.4. The second-order valence-corrected chi connectivity index (χ2v) is 4.69. The zero-order chi connectivity index (χ0) is 16.8. The number of hydrogen-bond acceptors (Lipinski definition) is 3. The van der Waals surface area contributed by atoms with Crippen molar-refractivity contribution in [3.8, 4) is 0 Å². The van der Waals surface area contributed by atoms with E-state index in [1.54, 1.807) is 18.2 Å². The number of rotatable bonds is 7. The maximum Gasteiger partial charge on any atom is 0.403 e.